The molecule has 3 N–H and O–H groups in total. The second kappa shape index (κ2) is 9.28. The van der Waals surface area contributed by atoms with Crippen molar-refractivity contribution in [1.29, 1.82) is 0 Å². The second-order valence-electron chi connectivity index (χ2n) is 6.40. The van der Waals surface area contributed by atoms with Gasteiger partial charge in [0.1, 0.15) is 24.0 Å². The van der Waals surface area contributed by atoms with Crippen molar-refractivity contribution in [2.45, 2.75) is 25.5 Å². The molecule has 1 aliphatic heterocycles. The summed E-state index contributed by atoms with van der Waals surface area (Å²) in [6.07, 6.45) is 5.29. The highest BCUT2D eigenvalue weighted by atomic mass is 19.1. The fraction of sp³-hybridized carbons (Fsp3) is 0.286. The lowest BCUT2D eigenvalue weighted by molar-refractivity contribution is 0.292. The number of nitrogens with zero attached hydrogens (tertiary/aromatic N) is 1. The van der Waals surface area contributed by atoms with Gasteiger partial charge in [-0.05, 0) is 55.8 Å². The first-order chi connectivity index (χ1) is 13.2. The van der Waals surface area contributed by atoms with E-state index in [1.807, 2.05) is 12.1 Å². The van der Waals surface area contributed by atoms with E-state index >= 15 is 0 Å². The molecule has 6 heteroatoms. The maximum Gasteiger partial charge on any atom is 0.132 e. The van der Waals surface area contributed by atoms with Crippen LogP contribution in [-0.2, 0) is 6.61 Å². The summed E-state index contributed by atoms with van der Waals surface area (Å²) >= 11 is 0. The van der Waals surface area contributed by atoms with E-state index in [1.165, 1.54) is 24.4 Å². The van der Waals surface area contributed by atoms with E-state index in [9.17, 15) is 8.78 Å². The highest BCUT2D eigenvalue weighted by Crippen LogP contribution is 2.22. The largest absolute Gasteiger partial charge is 0.489 e. The SMILES string of the molecule is N/C=C(\C=NC1CCNCC1)c1cccc(OCc2c(F)cccc2F)c1. The third-order valence-corrected chi connectivity index (χ3v) is 4.52. The number of piperidine rings is 1. The van der Waals surface area contributed by atoms with Gasteiger partial charge in [-0.2, -0.15) is 0 Å². The Bertz CT molecular complexity index is 810. The first-order valence-corrected chi connectivity index (χ1v) is 8.99. The molecule has 2 aromatic rings. The van der Waals surface area contributed by atoms with Crippen LogP contribution in [-0.4, -0.2) is 25.3 Å². The highest BCUT2D eigenvalue weighted by molar-refractivity contribution is 6.09. The maximum absolute atomic E-state index is 13.7. The molecule has 4 nitrogen and oxygen atoms in total. The Balaban J connectivity index is 1.69. The lowest BCUT2D eigenvalue weighted by Crippen LogP contribution is -2.29. The van der Waals surface area contributed by atoms with Gasteiger partial charge in [-0.3, -0.25) is 4.99 Å². The number of rotatable bonds is 6. The Kier molecular flexibility index (Phi) is 6.54. The van der Waals surface area contributed by atoms with Gasteiger partial charge >= 0.3 is 0 Å². The molecular formula is C21H23F2N3O. The molecule has 0 unspecified atom stereocenters. The molecule has 0 aliphatic carbocycles. The smallest absolute Gasteiger partial charge is 0.132 e. The lowest BCUT2D eigenvalue weighted by atomic mass is 10.1. The van der Waals surface area contributed by atoms with Crippen LogP contribution in [0.25, 0.3) is 5.57 Å². The number of nitrogens with one attached hydrogen (secondary N) is 1. The van der Waals surface area contributed by atoms with E-state index in [0.29, 0.717) is 11.8 Å². The van der Waals surface area contributed by atoms with Crippen LogP contribution >= 0.6 is 0 Å². The van der Waals surface area contributed by atoms with Crippen molar-refractivity contribution in [2.75, 3.05) is 13.1 Å². The standard InChI is InChI=1S/C21H23F2N3O/c22-20-5-2-6-21(23)19(20)14-27-18-4-1-3-15(11-18)16(12-24)13-26-17-7-9-25-10-8-17/h1-6,11-13,17,25H,7-10,14,24H2/b16-12+,26-13?. The molecule has 0 amide bonds. The zero-order chi connectivity index (χ0) is 19.1. The molecule has 0 aromatic heterocycles. The number of benzene rings is 2. The van der Waals surface area contributed by atoms with Crippen molar-refractivity contribution in [3.05, 3.63) is 71.4 Å². The molecule has 1 heterocycles. The molecule has 1 fully saturated rings. The predicted octanol–water partition coefficient (Wildman–Crippen LogP) is 3.67. The Morgan fingerprint density at radius 1 is 1.15 bits per heavy atom. The number of aliphatic imine (C=N–C) groups is 1. The van der Waals surface area contributed by atoms with Crippen molar-refractivity contribution in [1.82, 2.24) is 5.32 Å². The lowest BCUT2D eigenvalue weighted by Gasteiger charge is -2.18. The number of ether oxygens (including phenoxy) is 1. The third kappa shape index (κ3) is 5.14. The summed E-state index contributed by atoms with van der Waals surface area (Å²) in [5.74, 6) is -0.740. The van der Waals surface area contributed by atoms with Crippen LogP contribution in [0.5, 0.6) is 5.75 Å². The molecule has 2 aromatic carbocycles. The molecule has 0 saturated carbocycles. The van der Waals surface area contributed by atoms with Crippen LogP contribution in [0.2, 0.25) is 0 Å². The van der Waals surface area contributed by atoms with Crippen LogP contribution in [0.1, 0.15) is 24.0 Å². The molecular weight excluding hydrogens is 348 g/mol. The highest BCUT2D eigenvalue weighted by Gasteiger charge is 2.12. The Hall–Kier alpha value is -2.73. The molecule has 0 radical (unpaired) electrons. The van der Waals surface area contributed by atoms with Crippen molar-refractivity contribution in [2.24, 2.45) is 10.7 Å². The number of halogens is 2. The van der Waals surface area contributed by atoms with Crippen LogP contribution in [0.15, 0.2) is 53.7 Å². The minimum absolute atomic E-state index is 0.0926. The molecule has 3 rings (SSSR count). The Morgan fingerprint density at radius 2 is 1.85 bits per heavy atom. The van der Waals surface area contributed by atoms with Crippen LogP contribution in [0, 0.1) is 11.6 Å². The zero-order valence-corrected chi connectivity index (χ0v) is 15.0. The molecule has 0 spiro atoms. The van der Waals surface area contributed by atoms with Crippen LogP contribution in [0.4, 0.5) is 8.78 Å². The van der Waals surface area contributed by atoms with E-state index < -0.39 is 11.6 Å². The van der Waals surface area contributed by atoms with Gasteiger partial charge in [-0.1, -0.05) is 18.2 Å². The van der Waals surface area contributed by atoms with Gasteiger partial charge in [0, 0.05) is 18.0 Å². The topological polar surface area (TPSA) is 59.6 Å². The van der Waals surface area contributed by atoms with Crippen LogP contribution < -0.4 is 15.8 Å². The minimum Gasteiger partial charge on any atom is -0.489 e. The summed E-state index contributed by atoms with van der Waals surface area (Å²) in [4.78, 5) is 4.62. The molecule has 1 aliphatic rings. The predicted molar refractivity (Wildman–Crippen MR) is 104 cm³/mol. The summed E-state index contributed by atoms with van der Waals surface area (Å²) in [5, 5.41) is 3.31. The van der Waals surface area contributed by atoms with Gasteiger partial charge in [0.25, 0.3) is 0 Å². The maximum atomic E-state index is 13.7. The summed E-state index contributed by atoms with van der Waals surface area (Å²) < 4.78 is 33.0. The molecule has 0 atom stereocenters. The fourth-order valence-corrected chi connectivity index (χ4v) is 2.95. The van der Waals surface area contributed by atoms with Gasteiger partial charge in [0.15, 0.2) is 0 Å². The Morgan fingerprint density at radius 3 is 2.56 bits per heavy atom. The third-order valence-electron chi connectivity index (χ3n) is 4.52. The number of hydrogen-bond acceptors (Lipinski definition) is 4. The van der Waals surface area contributed by atoms with Crippen molar-refractivity contribution in [3.63, 3.8) is 0 Å². The molecule has 27 heavy (non-hydrogen) atoms. The van der Waals surface area contributed by atoms with Crippen molar-refractivity contribution >= 4 is 11.8 Å². The minimum atomic E-state index is -0.622. The normalized spacial score (nSPS) is 16.0. The number of nitrogens with two attached hydrogens (primary N) is 1. The second-order valence-corrected chi connectivity index (χ2v) is 6.40. The first kappa shape index (κ1) is 19.0. The van der Waals surface area contributed by atoms with Crippen molar-refractivity contribution < 1.29 is 13.5 Å². The summed E-state index contributed by atoms with van der Waals surface area (Å²) in [6.45, 7) is 1.76. The molecule has 1 saturated heterocycles. The van der Waals surface area contributed by atoms with Gasteiger partial charge in [0.05, 0.1) is 11.6 Å². The zero-order valence-electron chi connectivity index (χ0n) is 15.0. The van der Waals surface area contributed by atoms with E-state index in [1.54, 1.807) is 18.3 Å². The summed E-state index contributed by atoms with van der Waals surface area (Å²) in [5.41, 5.74) is 7.29. The fourth-order valence-electron chi connectivity index (χ4n) is 2.95. The van der Waals surface area contributed by atoms with E-state index in [-0.39, 0.29) is 12.2 Å². The van der Waals surface area contributed by atoms with E-state index in [0.717, 1.165) is 37.1 Å². The monoisotopic (exact) mass is 371 g/mol. The van der Waals surface area contributed by atoms with Gasteiger partial charge in [-0.25, -0.2) is 8.78 Å². The number of hydrogen-bond donors (Lipinski definition) is 2. The average molecular weight is 371 g/mol. The summed E-state index contributed by atoms with van der Waals surface area (Å²) in [6, 6.07) is 11.3. The Labute approximate surface area is 157 Å². The quantitative estimate of drug-likeness (QED) is 0.762. The summed E-state index contributed by atoms with van der Waals surface area (Å²) in [7, 11) is 0. The van der Waals surface area contributed by atoms with Gasteiger partial charge in [0.2, 0.25) is 0 Å². The molecule has 142 valence electrons. The van der Waals surface area contributed by atoms with E-state index in [2.05, 4.69) is 10.3 Å². The van der Waals surface area contributed by atoms with E-state index in [4.69, 9.17) is 10.5 Å². The van der Waals surface area contributed by atoms with Gasteiger partial charge < -0.3 is 15.8 Å². The number of allylic oxidation sites excluding steroid dienone is 1. The first-order valence-electron chi connectivity index (χ1n) is 8.99. The van der Waals surface area contributed by atoms with Crippen molar-refractivity contribution in [3.8, 4) is 5.75 Å². The average Bonchev–Trinajstić information content (AvgIpc) is 2.69. The van der Waals surface area contributed by atoms with Gasteiger partial charge in [-0.15, -0.1) is 0 Å². The van der Waals surface area contributed by atoms with Crippen LogP contribution in [0.3, 0.4) is 0 Å². The molecule has 0 bridgehead atoms.